The van der Waals surface area contributed by atoms with Gasteiger partial charge in [0.1, 0.15) is 12.7 Å². The predicted octanol–water partition coefficient (Wildman–Crippen LogP) is 1.07. The van der Waals surface area contributed by atoms with Crippen LogP contribution in [-0.2, 0) is 16.1 Å². The molecule has 1 aromatic rings. The Balaban J connectivity index is 2.33. The van der Waals surface area contributed by atoms with Gasteiger partial charge < -0.3 is 19.1 Å². The Labute approximate surface area is 94.6 Å². The first-order chi connectivity index (χ1) is 7.77. The fourth-order valence-electron chi connectivity index (χ4n) is 1.17. The van der Waals surface area contributed by atoms with Crippen LogP contribution >= 0.6 is 0 Å². The normalized spacial score (nSPS) is 12.9. The molecule has 1 N–H and O–H groups in total. The summed E-state index contributed by atoms with van der Waals surface area (Å²) in [5, 5.41) is 13.3. The van der Waals surface area contributed by atoms with E-state index in [-0.39, 0.29) is 6.61 Å². The topological polar surface area (TPSA) is 77.6 Å². The molecule has 0 bridgehead atoms. The monoisotopic (exact) mass is 230 g/mol. The summed E-state index contributed by atoms with van der Waals surface area (Å²) >= 11 is 0. The number of nitrogens with zero attached hydrogens (tertiary/aromatic N) is 2. The minimum absolute atomic E-state index is 0.245. The molecule has 0 aliphatic heterocycles. The van der Waals surface area contributed by atoms with Crippen molar-refractivity contribution in [3.05, 3.63) is 11.7 Å². The molecule has 0 spiro atoms. The summed E-state index contributed by atoms with van der Waals surface area (Å²) in [7, 11) is 1.61. The molecular weight excluding hydrogens is 212 g/mol. The molecule has 0 radical (unpaired) electrons. The average Bonchev–Trinajstić information content (AvgIpc) is 2.73. The quantitative estimate of drug-likeness (QED) is 0.673. The summed E-state index contributed by atoms with van der Waals surface area (Å²) in [5.74, 6) is 0.702. The first-order valence-electron chi connectivity index (χ1n) is 5.35. The molecule has 1 atom stereocenters. The second-order valence-electron chi connectivity index (χ2n) is 3.40. The lowest BCUT2D eigenvalue weighted by Crippen LogP contribution is -2.03. The lowest BCUT2D eigenvalue weighted by atomic mass is 10.2. The van der Waals surface area contributed by atoms with E-state index in [1.54, 1.807) is 7.11 Å². The fraction of sp³-hybridized carbons (Fsp3) is 0.800. The van der Waals surface area contributed by atoms with Crippen LogP contribution in [0.5, 0.6) is 0 Å². The Kier molecular flexibility index (Phi) is 5.99. The highest BCUT2D eigenvalue weighted by atomic mass is 16.5. The highest BCUT2D eigenvalue weighted by Crippen LogP contribution is 2.14. The van der Waals surface area contributed by atoms with Crippen molar-refractivity contribution in [1.82, 2.24) is 10.1 Å². The molecule has 0 amide bonds. The molecule has 0 aliphatic carbocycles. The molecule has 92 valence electrons. The Hall–Kier alpha value is -0.980. The van der Waals surface area contributed by atoms with Crippen molar-refractivity contribution in [2.75, 3.05) is 20.3 Å². The molecule has 6 nitrogen and oxygen atoms in total. The molecule has 1 rings (SSSR count). The van der Waals surface area contributed by atoms with Crippen molar-refractivity contribution in [3.63, 3.8) is 0 Å². The van der Waals surface area contributed by atoms with Gasteiger partial charge in [-0.25, -0.2) is 0 Å². The van der Waals surface area contributed by atoms with Crippen LogP contribution in [0.2, 0.25) is 0 Å². The SMILES string of the molecule is CCCC(O)c1noc(COCCOC)n1. The Morgan fingerprint density at radius 2 is 2.25 bits per heavy atom. The van der Waals surface area contributed by atoms with Gasteiger partial charge in [0.15, 0.2) is 5.82 Å². The van der Waals surface area contributed by atoms with E-state index in [1.165, 1.54) is 0 Å². The van der Waals surface area contributed by atoms with Crippen LogP contribution in [0.3, 0.4) is 0 Å². The van der Waals surface area contributed by atoms with Gasteiger partial charge in [-0.05, 0) is 6.42 Å². The smallest absolute Gasteiger partial charge is 0.252 e. The van der Waals surface area contributed by atoms with E-state index in [0.29, 0.717) is 31.3 Å². The molecule has 0 saturated carbocycles. The third-order valence-corrected chi connectivity index (χ3v) is 2.00. The van der Waals surface area contributed by atoms with E-state index in [1.807, 2.05) is 6.92 Å². The summed E-state index contributed by atoms with van der Waals surface area (Å²) in [6, 6.07) is 0. The Morgan fingerprint density at radius 3 is 2.94 bits per heavy atom. The van der Waals surface area contributed by atoms with Crippen LogP contribution in [0.15, 0.2) is 4.52 Å². The maximum atomic E-state index is 9.60. The van der Waals surface area contributed by atoms with Crippen LogP contribution in [0.25, 0.3) is 0 Å². The summed E-state index contributed by atoms with van der Waals surface area (Å²) in [5.41, 5.74) is 0. The molecule has 1 aromatic heterocycles. The van der Waals surface area contributed by atoms with Crippen LogP contribution < -0.4 is 0 Å². The highest BCUT2D eigenvalue weighted by Gasteiger charge is 2.14. The number of rotatable bonds is 8. The van der Waals surface area contributed by atoms with E-state index in [0.717, 1.165) is 6.42 Å². The Bertz CT molecular complexity index is 290. The van der Waals surface area contributed by atoms with Gasteiger partial charge in [0.2, 0.25) is 0 Å². The van der Waals surface area contributed by atoms with Gasteiger partial charge in [0.25, 0.3) is 5.89 Å². The molecule has 1 heterocycles. The summed E-state index contributed by atoms with van der Waals surface area (Å²) in [6.45, 7) is 3.23. The van der Waals surface area contributed by atoms with E-state index < -0.39 is 6.10 Å². The van der Waals surface area contributed by atoms with E-state index >= 15 is 0 Å². The zero-order chi connectivity index (χ0) is 11.8. The van der Waals surface area contributed by atoms with Gasteiger partial charge in [0, 0.05) is 7.11 Å². The molecule has 0 fully saturated rings. The van der Waals surface area contributed by atoms with Crippen LogP contribution in [0.4, 0.5) is 0 Å². The molecular formula is C10H18N2O4. The van der Waals surface area contributed by atoms with Crippen LogP contribution in [-0.4, -0.2) is 35.6 Å². The number of ether oxygens (including phenoxy) is 2. The molecule has 0 saturated heterocycles. The van der Waals surface area contributed by atoms with Crippen molar-refractivity contribution in [2.24, 2.45) is 0 Å². The fourth-order valence-corrected chi connectivity index (χ4v) is 1.17. The number of aromatic nitrogens is 2. The second-order valence-corrected chi connectivity index (χ2v) is 3.40. The number of hydrogen-bond acceptors (Lipinski definition) is 6. The number of hydrogen-bond donors (Lipinski definition) is 1. The van der Waals surface area contributed by atoms with E-state index in [4.69, 9.17) is 14.0 Å². The minimum Gasteiger partial charge on any atom is -0.385 e. The molecule has 6 heteroatoms. The third kappa shape index (κ3) is 4.26. The zero-order valence-electron chi connectivity index (χ0n) is 9.68. The maximum Gasteiger partial charge on any atom is 0.252 e. The van der Waals surface area contributed by atoms with Crippen molar-refractivity contribution in [1.29, 1.82) is 0 Å². The van der Waals surface area contributed by atoms with Crippen LogP contribution in [0.1, 0.15) is 37.6 Å². The lowest BCUT2D eigenvalue weighted by Gasteiger charge is -2.01. The number of methoxy groups -OCH3 is 1. The van der Waals surface area contributed by atoms with Crippen molar-refractivity contribution in [3.8, 4) is 0 Å². The molecule has 1 unspecified atom stereocenters. The molecule has 0 aromatic carbocycles. The van der Waals surface area contributed by atoms with Crippen molar-refractivity contribution < 1.29 is 19.1 Å². The molecule has 0 aliphatic rings. The third-order valence-electron chi connectivity index (χ3n) is 2.00. The minimum atomic E-state index is -0.651. The Morgan fingerprint density at radius 1 is 1.44 bits per heavy atom. The van der Waals surface area contributed by atoms with Gasteiger partial charge in [-0.15, -0.1) is 0 Å². The second kappa shape index (κ2) is 7.32. The van der Waals surface area contributed by atoms with Gasteiger partial charge in [-0.1, -0.05) is 18.5 Å². The number of aliphatic hydroxyl groups excluding tert-OH is 1. The van der Waals surface area contributed by atoms with Crippen molar-refractivity contribution in [2.45, 2.75) is 32.5 Å². The standard InChI is InChI=1S/C10H18N2O4/c1-3-4-8(13)10-11-9(16-12-10)7-15-6-5-14-2/h8,13H,3-7H2,1-2H3. The van der Waals surface area contributed by atoms with Crippen molar-refractivity contribution >= 4 is 0 Å². The first kappa shape index (κ1) is 13.1. The summed E-state index contributed by atoms with van der Waals surface area (Å²) in [6.07, 6.45) is 0.847. The van der Waals surface area contributed by atoms with Gasteiger partial charge in [-0.3, -0.25) is 0 Å². The molecule has 16 heavy (non-hydrogen) atoms. The van der Waals surface area contributed by atoms with Gasteiger partial charge in [0.05, 0.1) is 13.2 Å². The summed E-state index contributed by atoms with van der Waals surface area (Å²) in [4.78, 5) is 4.03. The number of aliphatic hydroxyl groups is 1. The zero-order valence-corrected chi connectivity index (χ0v) is 9.68. The maximum absolute atomic E-state index is 9.60. The van der Waals surface area contributed by atoms with Crippen LogP contribution in [0, 0.1) is 0 Å². The summed E-state index contributed by atoms with van der Waals surface area (Å²) < 4.78 is 15.0. The lowest BCUT2D eigenvalue weighted by molar-refractivity contribution is 0.0494. The predicted molar refractivity (Wildman–Crippen MR) is 55.7 cm³/mol. The van der Waals surface area contributed by atoms with Gasteiger partial charge in [-0.2, -0.15) is 4.98 Å². The van der Waals surface area contributed by atoms with E-state index in [9.17, 15) is 5.11 Å². The largest absolute Gasteiger partial charge is 0.385 e. The average molecular weight is 230 g/mol. The highest BCUT2D eigenvalue weighted by molar-refractivity contribution is 4.89. The van der Waals surface area contributed by atoms with E-state index in [2.05, 4.69) is 10.1 Å². The van der Waals surface area contributed by atoms with Gasteiger partial charge >= 0.3 is 0 Å². The first-order valence-corrected chi connectivity index (χ1v) is 5.35.